The molecule has 1 fully saturated rings. The Morgan fingerprint density at radius 1 is 1.24 bits per heavy atom. The molecule has 0 radical (unpaired) electrons. The van der Waals surface area contributed by atoms with Crippen molar-refractivity contribution < 1.29 is 4.74 Å². The topological polar surface area (TPSA) is 21.3 Å². The standard InChI is InChI=1S/C19H31NO/c1-6-18(3,4)16-11-9-15(10-12-16)17(20-7-2)19(5)13-8-14-21-19/h9-12,17,20H,6-8,13-14H2,1-5H3. The fourth-order valence-corrected chi connectivity index (χ4v) is 3.25. The second-order valence-corrected chi connectivity index (χ2v) is 7.11. The van der Waals surface area contributed by atoms with Gasteiger partial charge in [-0.25, -0.2) is 0 Å². The van der Waals surface area contributed by atoms with Gasteiger partial charge in [0.25, 0.3) is 0 Å². The molecule has 0 aromatic heterocycles. The van der Waals surface area contributed by atoms with Crippen molar-refractivity contribution in [2.75, 3.05) is 13.2 Å². The molecule has 2 heteroatoms. The van der Waals surface area contributed by atoms with E-state index in [1.807, 2.05) is 0 Å². The van der Waals surface area contributed by atoms with Crippen LogP contribution in [0.2, 0.25) is 0 Å². The van der Waals surface area contributed by atoms with Crippen molar-refractivity contribution >= 4 is 0 Å². The van der Waals surface area contributed by atoms with Crippen molar-refractivity contribution in [3.63, 3.8) is 0 Å². The Labute approximate surface area is 130 Å². The summed E-state index contributed by atoms with van der Waals surface area (Å²) in [6, 6.07) is 9.44. The molecule has 0 amide bonds. The molecule has 1 heterocycles. The Kier molecular flexibility index (Phi) is 5.11. The molecule has 1 N–H and O–H groups in total. The minimum atomic E-state index is -0.0716. The van der Waals surface area contributed by atoms with Crippen molar-refractivity contribution in [1.82, 2.24) is 5.32 Å². The average Bonchev–Trinajstić information content (AvgIpc) is 2.92. The van der Waals surface area contributed by atoms with E-state index < -0.39 is 0 Å². The Morgan fingerprint density at radius 2 is 1.90 bits per heavy atom. The van der Waals surface area contributed by atoms with Gasteiger partial charge >= 0.3 is 0 Å². The number of nitrogens with one attached hydrogen (secondary N) is 1. The van der Waals surface area contributed by atoms with Crippen molar-refractivity contribution in [2.24, 2.45) is 0 Å². The van der Waals surface area contributed by atoms with Crippen LogP contribution in [0, 0.1) is 0 Å². The van der Waals surface area contributed by atoms with Gasteiger partial charge in [-0.3, -0.25) is 0 Å². The summed E-state index contributed by atoms with van der Waals surface area (Å²) in [5.41, 5.74) is 2.94. The maximum Gasteiger partial charge on any atom is 0.0849 e. The van der Waals surface area contributed by atoms with Crippen LogP contribution >= 0.6 is 0 Å². The summed E-state index contributed by atoms with van der Waals surface area (Å²) in [5.74, 6) is 0. The highest BCUT2D eigenvalue weighted by Crippen LogP contribution is 2.38. The molecule has 1 aliphatic rings. The normalized spacial score (nSPS) is 24.2. The summed E-state index contributed by atoms with van der Waals surface area (Å²) in [6.45, 7) is 13.1. The van der Waals surface area contributed by atoms with Crippen LogP contribution in [-0.2, 0) is 10.2 Å². The highest BCUT2D eigenvalue weighted by molar-refractivity contribution is 5.31. The predicted molar refractivity (Wildman–Crippen MR) is 89.8 cm³/mol. The van der Waals surface area contributed by atoms with Crippen molar-refractivity contribution in [3.05, 3.63) is 35.4 Å². The fraction of sp³-hybridized carbons (Fsp3) is 0.684. The first-order valence-corrected chi connectivity index (χ1v) is 8.41. The van der Waals surface area contributed by atoms with Crippen LogP contribution in [0.3, 0.4) is 0 Å². The van der Waals surface area contributed by atoms with Gasteiger partial charge in [-0.2, -0.15) is 0 Å². The van der Waals surface area contributed by atoms with Gasteiger partial charge in [0, 0.05) is 6.61 Å². The Bertz CT molecular complexity index is 443. The Hall–Kier alpha value is -0.860. The second-order valence-electron chi connectivity index (χ2n) is 7.11. The summed E-state index contributed by atoms with van der Waals surface area (Å²) in [6.07, 6.45) is 3.45. The molecular weight excluding hydrogens is 258 g/mol. The third-order valence-electron chi connectivity index (χ3n) is 5.18. The van der Waals surface area contributed by atoms with E-state index in [9.17, 15) is 0 Å². The van der Waals surface area contributed by atoms with Crippen molar-refractivity contribution in [3.8, 4) is 0 Å². The smallest absolute Gasteiger partial charge is 0.0849 e. The molecule has 1 aliphatic heterocycles. The molecule has 1 saturated heterocycles. The molecule has 1 aromatic rings. The largest absolute Gasteiger partial charge is 0.373 e. The molecule has 0 spiro atoms. The van der Waals surface area contributed by atoms with Gasteiger partial charge in [0.15, 0.2) is 0 Å². The van der Waals surface area contributed by atoms with Crippen LogP contribution < -0.4 is 5.32 Å². The van der Waals surface area contributed by atoms with Crippen LogP contribution in [0.15, 0.2) is 24.3 Å². The molecule has 0 bridgehead atoms. The molecule has 2 rings (SSSR count). The number of rotatable bonds is 6. The summed E-state index contributed by atoms with van der Waals surface area (Å²) < 4.78 is 6.07. The van der Waals surface area contributed by atoms with E-state index in [1.165, 1.54) is 17.5 Å². The van der Waals surface area contributed by atoms with Gasteiger partial charge < -0.3 is 10.1 Å². The number of likely N-dealkylation sites (N-methyl/N-ethyl adjacent to an activating group) is 1. The van der Waals surface area contributed by atoms with Crippen molar-refractivity contribution in [1.29, 1.82) is 0 Å². The third-order valence-corrected chi connectivity index (χ3v) is 5.18. The quantitative estimate of drug-likeness (QED) is 0.826. The van der Waals surface area contributed by atoms with E-state index in [4.69, 9.17) is 4.74 Å². The van der Waals surface area contributed by atoms with Gasteiger partial charge in [-0.05, 0) is 49.3 Å². The molecule has 118 valence electrons. The molecule has 2 nitrogen and oxygen atoms in total. The third kappa shape index (κ3) is 3.49. The zero-order chi connectivity index (χ0) is 15.5. The predicted octanol–water partition coefficient (Wildman–Crippen LogP) is 4.59. The zero-order valence-corrected chi connectivity index (χ0v) is 14.3. The van der Waals surface area contributed by atoms with Gasteiger partial charge in [-0.1, -0.05) is 52.0 Å². The highest BCUT2D eigenvalue weighted by Gasteiger charge is 2.38. The van der Waals surface area contributed by atoms with Gasteiger partial charge in [-0.15, -0.1) is 0 Å². The first-order valence-electron chi connectivity index (χ1n) is 8.41. The van der Waals surface area contributed by atoms with Gasteiger partial charge in [0.2, 0.25) is 0 Å². The summed E-state index contributed by atoms with van der Waals surface area (Å²) in [7, 11) is 0. The van der Waals surface area contributed by atoms with E-state index in [-0.39, 0.29) is 17.1 Å². The Morgan fingerprint density at radius 3 is 2.38 bits per heavy atom. The van der Waals surface area contributed by atoms with E-state index in [0.717, 1.165) is 26.0 Å². The number of hydrogen-bond donors (Lipinski definition) is 1. The van der Waals surface area contributed by atoms with E-state index >= 15 is 0 Å². The zero-order valence-electron chi connectivity index (χ0n) is 14.3. The molecule has 0 saturated carbocycles. The van der Waals surface area contributed by atoms with Crippen LogP contribution in [0.4, 0.5) is 0 Å². The summed E-state index contributed by atoms with van der Waals surface area (Å²) in [4.78, 5) is 0. The lowest BCUT2D eigenvalue weighted by molar-refractivity contribution is -0.0121. The van der Waals surface area contributed by atoms with Crippen LogP contribution in [0.5, 0.6) is 0 Å². The SMILES string of the molecule is CCNC(c1ccc(C(C)(C)CC)cc1)C1(C)CCCO1. The summed E-state index contributed by atoms with van der Waals surface area (Å²) >= 11 is 0. The number of ether oxygens (including phenoxy) is 1. The van der Waals surface area contributed by atoms with E-state index in [2.05, 4.69) is 64.2 Å². The molecular formula is C19H31NO. The maximum absolute atomic E-state index is 6.07. The fourth-order valence-electron chi connectivity index (χ4n) is 3.25. The van der Waals surface area contributed by atoms with Gasteiger partial charge in [0.05, 0.1) is 11.6 Å². The maximum atomic E-state index is 6.07. The first kappa shape index (κ1) is 16.5. The molecule has 21 heavy (non-hydrogen) atoms. The average molecular weight is 289 g/mol. The second kappa shape index (κ2) is 6.50. The van der Waals surface area contributed by atoms with E-state index in [0.29, 0.717) is 0 Å². The lowest BCUT2D eigenvalue weighted by Gasteiger charge is -2.35. The van der Waals surface area contributed by atoms with Crippen molar-refractivity contribution in [2.45, 2.75) is 70.9 Å². The molecule has 1 aromatic carbocycles. The number of hydrogen-bond acceptors (Lipinski definition) is 2. The number of benzene rings is 1. The first-order chi connectivity index (χ1) is 9.93. The minimum Gasteiger partial charge on any atom is -0.373 e. The Balaban J connectivity index is 2.25. The monoisotopic (exact) mass is 289 g/mol. The van der Waals surface area contributed by atoms with Gasteiger partial charge in [0.1, 0.15) is 0 Å². The van der Waals surface area contributed by atoms with Crippen LogP contribution in [0.1, 0.15) is 71.0 Å². The van der Waals surface area contributed by atoms with Crippen LogP contribution in [0.25, 0.3) is 0 Å². The summed E-state index contributed by atoms with van der Waals surface area (Å²) in [5, 5.41) is 3.63. The molecule has 2 unspecified atom stereocenters. The lowest BCUT2D eigenvalue weighted by atomic mass is 9.80. The molecule has 0 aliphatic carbocycles. The lowest BCUT2D eigenvalue weighted by Crippen LogP contribution is -2.41. The molecule has 2 atom stereocenters. The van der Waals surface area contributed by atoms with Crippen LogP contribution in [-0.4, -0.2) is 18.8 Å². The highest BCUT2D eigenvalue weighted by atomic mass is 16.5. The van der Waals surface area contributed by atoms with E-state index in [1.54, 1.807) is 0 Å². The minimum absolute atomic E-state index is 0.0716.